The van der Waals surface area contributed by atoms with E-state index in [0.717, 1.165) is 52.3 Å². The van der Waals surface area contributed by atoms with Gasteiger partial charge in [0.15, 0.2) is 5.13 Å². The number of aliphatic hydroxyl groups is 1. The van der Waals surface area contributed by atoms with Crippen molar-refractivity contribution >= 4 is 22.5 Å². The van der Waals surface area contributed by atoms with E-state index in [9.17, 15) is 15.2 Å². The molecule has 4 rings (SSSR count). The van der Waals surface area contributed by atoms with E-state index in [1.54, 1.807) is 24.8 Å². The Bertz CT molecular complexity index is 1250. The second-order valence-corrected chi connectivity index (χ2v) is 10.4. The van der Waals surface area contributed by atoms with Crippen LogP contribution in [0.4, 0.5) is 9.93 Å². The number of nitrogens with zero attached hydrogens (tertiary/aromatic N) is 4. The summed E-state index contributed by atoms with van der Waals surface area (Å²) in [6, 6.07) is 13.5. The van der Waals surface area contributed by atoms with Crippen molar-refractivity contribution in [3.63, 3.8) is 0 Å². The van der Waals surface area contributed by atoms with Crippen molar-refractivity contribution in [3.8, 4) is 27.8 Å². The Labute approximate surface area is 210 Å². The molecule has 1 aliphatic rings. The van der Waals surface area contributed by atoms with Crippen LogP contribution in [0.25, 0.3) is 21.7 Å². The van der Waals surface area contributed by atoms with E-state index in [1.807, 2.05) is 18.2 Å². The zero-order valence-corrected chi connectivity index (χ0v) is 21.4. The van der Waals surface area contributed by atoms with E-state index in [0.29, 0.717) is 23.8 Å². The third-order valence-corrected chi connectivity index (χ3v) is 7.52. The molecule has 1 fully saturated rings. The number of thiazole rings is 1. The maximum Gasteiger partial charge on any atom is 0.323 e. The zero-order valence-electron chi connectivity index (χ0n) is 20.6. The van der Waals surface area contributed by atoms with Crippen molar-refractivity contribution in [2.75, 3.05) is 18.4 Å². The van der Waals surface area contributed by atoms with Gasteiger partial charge in [-0.05, 0) is 62.9 Å². The Kier molecular flexibility index (Phi) is 7.20. The van der Waals surface area contributed by atoms with Crippen molar-refractivity contribution in [3.05, 3.63) is 53.3 Å². The average molecular weight is 490 g/mol. The van der Waals surface area contributed by atoms with Crippen molar-refractivity contribution in [1.29, 1.82) is 5.26 Å². The number of hydrogen-bond acceptors (Lipinski definition) is 6. The first-order chi connectivity index (χ1) is 16.7. The fourth-order valence-electron chi connectivity index (χ4n) is 4.34. The summed E-state index contributed by atoms with van der Waals surface area (Å²) >= 11 is 1.42. The van der Waals surface area contributed by atoms with Gasteiger partial charge in [-0.2, -0.15) is 5.26 Å². The van der Waals surface area contributed by atoms with Crippen molar-refractivity contribution in [2.24, 2.45) is 5.92 Å². The summed E-state index contributed by atoms with van der Waals surface area (Å²) in [5, 5.41) is 23.2. The SMILES string of the molecule is CCc1cc(-c2sc(NC(=O)N3CC[C@@H](C(C)(C)O)C3)nc2-c2cccc(C#N)c2)cc(CC)n1. The fraction of sp³-hybridized carbons (Fsp3) is 0.407. The van der Waals surface area contributed by atoms with E-state index in [1.165, 1.54) is 11.3 Å². The number of rotatable bonds is 6. The molecule has 182 valence electrons. The van der Waals surface area contributed by atoms with E-state index in [-0.39, 0.29) is 11.9 Å². The first-order valence-electron chi connectivity index (χ1n) is 12.0. The quantitative estimate of drug-likeness (QED) is 0.476. The van der Waals surface area contributed by atoms with Gasteiger partial charge in [-0.1, -0.05) is 37.3 Å². The molecule has 35 heavy (non-hydrogen) atoms. The summed E-state index contributed by atoms with van der Waals surface area (Å²) in [5.74, 6) is 0.0427. The van der Waals surface area contributed by atoms with Gasteiger partial charge in [0.1, 0.15) is 0 Å². The standard InChI is InChI=1S/C27H31N5O2S/c1-5-21-13-19(14-22(6-2)29-21)24-23(18-9-7-8-17(12-18)15-28)30-25(35-24)31-26(33)32-11-10-20(16-32)27(3,4)34/h7-9,12-14,20,34H,5-6,10-11,16H2,1-4H3,(H,30,31,33)/t20-/m1/s1. The number of anilines is 1. The Hall–Kier alpha value is -3.28. The van der Waals surface area contributed by atoms with Gasteiger partial charge < -0.3 is 10.0 Å². The molecule has 8 heteroatoms. The molecule has 1 aromatic carbocycles. The van der Waals surface area contributed by atoms with Crippen LogP contribution in [0.3, 0.4) is 0 Å². The first-order valence-corrected chi connectivity index (χ1v) is 12.8. The molecule has 0 radical (unpaired) electrons. The molecule has 2 amide bonds. The van der Waals surface area contributed by atoms with Crippen LogP contribution in [0.5, 0.6) is 0 Å². The van der Waals surface area contributed by atoms with Crippen LogP contribution in [0, 0.1) is 17.2 Å². The summed E-state index contributed by atoms with van der Waals surface area (Å²) in [7, 11) is 0. The van der Waals surface area contributed by atoms with E-state index >= 15 is 0 Å². The van der Waals surface area contributed by atoms with Crippen LogP contribution in [0.2, 0.25) is 0 Å². The highest BCUT2D eigenvalue weighted by molar-refractivity contribution is 7.19. The number of hydrogen-bond donors (Lipinski definition) is 2. The highest BCUT2D eigenvalue weighted by atomic mass is 32.1. The number of aryl methyl sites for hydroxylation is 2. The van der Waals surface area contributed by atoms with Crippen LogP contribution in [0.1, 0.15) is 51.1 Å². The van der Waals surface area contributed by atoms with Crippen LogP contribution in [-0.4, -0.2) is 44.7 Å². The van der Waals surface area contributed by atoms with Crippen LogP contribution in [0.15, 0.2) is 36.4 Å². The molecule has 0 aliphatic carbocycles. The number of nitriles is 1. The van der Waals surface area contributed by atoms with Crippen LogP contribution < -0.4 is 5.32 Å². The Morgan fingerprint density at radius 1 is 1.20 bits per heavy atom. The van der Waals surface area contributed by atoms with Gasteiger partial charge in [0.25, 0.3) is 0 Å². The van der Waals surface area contributed by atoms with E-state index in [4.69, 9.17) is 9.97 Å². The maximum absolute atomic E-state index is 13.0. The lowest BCUT2D eigenvalue weighted by molar-refractivity contribution is 0.0227. The van der Waals surface area contributed by atoms with E-state index in [2.05, 4.69) is 37.4 Å². The number of benzene rings is 1. The number of pyridine rings is 1. The summed E-state index contributed by atoms with van der Waals surface area (Å²) in [4.78, 5) is 25.2. The number of carbonyl (C=O) groups is 1. The monoisotopic (exact) mass is 489 g/mol. The number of urea groups is 1. The van der Waals surface area contributed by atoms with Crippen LogP contribution in [-0.2, 0) is 12.8 Å². The summed E-state index contributed by atoms with van der Waals surface area (Å²) in [5.41, 5.74) is 4.31. The smallest absolute Gasteiger partial charge is 0.323 e. The molecule has 1 aliphatic heterocycles. The predicted molar refractivity (Wildman–Crippen MR) is 139 cm³/mol. The minimum Gasteiger partial charge on any atom is -0.390 e. The molecule has 7 nitrogen and oxygen atoms in total. The molecular formula is C27H31N5O2S. The van der Waals surface area contributed by atoms with Gasteiger partial charge in [-0.25, -0.2) is 9.78 Å². The Morgan fingerprint density at radius 3 is 2.51 bits per heavy atom. The predicted octanol–water partition coefficient (Wildman–Crippen LogP) is 5.49. The minimum absolute atomic E-state index is 0.0427. The van der Waals surface area contributed by atoms with Gasteiger partial charge in [-0.15, -0.1) is 0 Å². The number of amides is 2. The van der Waals surface area contributed by atoms with E-state index < -0.39 is 5.60 Å². The van der Waals surface area contributed by atoms with Gasteiger partial charge in [0.05, 0.1) is 27.8 Å². The second kappa shape index (κ2) is 10.1. The third-order valence-electron chi connectivity index (χ3n) is 6.50. The molecule has 2 aromatic heterocycles. The molecular weight excluding hydrogens is 458 g/mol. The van der Waals surface area contributed by atoms with Crippen molar-refractivity contribution in [2.45, 2.75) is 52.6 Å². The number of carbonyl (C=O) groups excluding carboxylic acids is 1. The van der Waals surface area contributed by atoms with Crippen LogP contribution >= 0.6 is 11.3 Å². The van der Waals surface area contributed by atoms with Gasteiger partial charge in [0.2, 0.25) is 0 Å². The first kappa shape index (κ1) is 24.8. The molecule has 0 saturated carbocycles. The summed E-state index contributed by atoms with van der Waals surface area (Å²) < 4.78 is 0. The molecule has 3 aromatic rings. The number of likely N-dealkylation sites (tertiary alicyclic amines) is 1. The lowest BCUT2D eigenvalue weighted by Crippen LogP contribution is -2.37. The molecule has 0 bridgehead atoms. The lowest BCUT2D eigenvalue weighted by atomic mass is 9.91. The molecule has 1 saturated heterocycles. The molecule has 3 heterocycles. The largest absolute Gasteiger partial charge is 0.390 e. The summed E-state index contributed by atoms with van der Waals surface area (Å²) in [6.07, 6.45) is 2.41. The highest BCUT2D eigenvalue weighted by Crippen LogP contribution is 2.40. The van der Waals surface area contributed by atoms with Gasteiger partial charge in [-0.3, -0.25) is 10.3 Å². The topological polar surface area (TPSA) is 102 Å². The lowest BCUT2D eigenvalue weighted by Gasteiger charge is -2.25. The molecule has 0 unspecified atom stereocenters. The number of aromatic nitrogens is 2. The third kappa shape index (κ3) is 5.53. The normalized spacial score (nSPS) is 15.8. The maximum atomic E-state index is 13.0. The summed E-state index contributed by atoms with van der Waals surface area (Å²) in [6.45, 7) is 8.85. The Balaban J connectivity index is 1.71. The molecule has 1 atom stereocenters. The van der Waals surface area contributed by atoms with Crippen molar-refractivity contribution < 1.29 is 9.90 Å². The van der Waals surface area contributed by atoms with Gasteiger partial charge >= 0.3 is 6.03 Å². The second-order valence-electron chi connectivity index (χ2n) is 9.45. The van der Waals surface area contributed by atoms with Gasteiger partial charge in [0, 0.05) is 36.0 Å². The average Bonchev–Trinajstić information content (AvgIpc) is 3.52. The molecule has 0 spiro atoms. The Morgan fingerprint density at radius 2 is 1.91 bits per heavy atom. The number of nitrogens with one attached hydrogen (secondary N) is 1. The minimum atomic E-state index is -0.822. The fourth-order valence-corrected chi connectivity index (χ4v) is 5.30. The highest BCUT2D eigenvalue weighted by Gasteiger charge is 2.35. The molecule has 2 N–H and O–H groups in total. The zero-order chi connectivity index (χ0) is 25.2. The van der Waals surface area contributed by atoms with Crippen molar-refractivity contribution in [1.82, 2.24) is 14.9 Å².